The van der Waals surface area contributed by atoms with Gasteiger partial charge in [0.1, 0.15) is 0 Å². The first-order valence-electron chi connectivity index (χ1n) is 6.24. The number of oxazole rings is 1. The third-order valence-electron chi connectivity index (χ3n) is 3.21. The van der Waals surface area contributed by atoms with E-state index in [1.807, 2.05) is 32.0 Å². The number of nitrogen functional groups attached to an aromatic ring is 1. The third-order valence-corrected chi connectivity index (χ3v) is 3.21. The van der Waals surface area contributed by atoms with E-state index in [2.05, 4.69) is 10.3 Å². The maximum atomic E-state index is 11.4. The second-order valence-electron chi connectivity index (χ2n) is 5.02. The van der Waals surface area contributed by atoms with E-state index in [4.69, 9.17) is 10.2 Å². The van der Waals surface area contributed by atoms with Crippen LogP contribution in [0.5, 0.6) is 0 Å². The molecule has 0 saturated carbocycles. The summed E-state index contributed by atoms with van der Waals surface area (Å²) in [5.74, 6) is 0.937. The fourth-order valence-electron chi connectivity index (χ4n) is 2.32. The van der Waals surface area contributed by atoms with Gasteiger partial charge < -0.3 is 15.5 Å². The van der Waals surface area contributed by atoms with E-state index in [-0.39, 0.29) is 17.8 Å². The number of nitrogens with one attached hydrogen (secondary N) is 1. The Morgan fingerprint density at radius 3 is 2.95 bits per heavy atom. The van der Waals surface area contributed by atoms with Crippen LogP contribution in [0.15, 0.2) is 22.6 Å². The van der Waals surface area contributed by atoms with E-state index >= 15 is 0 Å². The number of fused-ring (bicyclic) bond motifs is 1. The van der Waals surface area contributed by atoms with Gasteiger partial charge in [0.05, 0.1) is 12.1 Å². The van der Waals surface area contributed by atoms with E-state index in [1.165, 1.54) is 0 Å². The molecule has 98 valence electrons. The first-order valence-corrected chi connectivity index (χ1v) is 6.24. The lowest BCUT2D eigenvalue weighted by Crippen LogP contribution is -2.03. The molecule has 5 heteroatoms. The fraction of sp³-hybridized carbons (Fsp3) is 0.286. The molecule has 0 spiro atoms. The van der Waals surface area contributed by atoms with Crippen LogP contribution in [0, 0.1) is 0 Å². The number of rotatable bonds is 2. The molecule has 1 aliphatic rings. The SMILES string of the molecule is CC(C)c1nc(N)oc1-c1ccc2c(c1)CC(=O)N2. The molecule has 1 aliphatic heterocycles. The first-order chi connectivity index (χ1) is 9.04. The number of hydrogen-bond acceptors (Lipinski definition) is 4. The smallest absolute Gasteiger partial charge is 0.292 e. The van der Waals surface area contributed by atoms with Crippen molar-refractivity contribution < 1.29 is 9.21 Å². The monoisotopic (exact) mass is 257 g/mol. The minimum absolute atomic E-state index is 0.0216. The maximum Gasteiger partial charge on any atom is 0.292 e. The topological polar surface area (TPSA) is 81.2 Å². The molecular formula is C14H15N3O2. The number of carbonyl (C=O) groups excluding carboxylic acids is 1. The van der Waals surface area contributed by atoms with Crippen LogP contribution in [0.25, 0.3) is 11.3 Å². The number of amides is 1. The van der Waals surface area contributed by atoms with Gasteiger partial charge in [-0.3, -0.25) is 4.79 Å². The molecule has 0 atom stereocenters. The van der Waals surface area contributed by atoms with Crippen LogP contribution >= 0.6 is 0 Å². The predicted octanol–water partition coefficient (Wildman–Crippen LogP) is 2.54. The lowest BCUT2D eigenvalue weighted by Gasteiger charge is -2.05. The average Bonchev–Trinajstić information content (AvgIpc) is 2.89. The molecular weight excluding hydrogens is 242 g/mol. The number of benzene rings is 1. The molecule has 0 bridgehead atoms. The molecule has 1 aromatic carbocycles. The number of anilines is 2. The summed E-state index contributed by atoms with van der Waals surface area (Å²) in [6.45, 7) is 4.08. The number of hydrogen-bond donors (Lipinski definition) is 2. The van der Waals surface area contributed by atoms with E-state index in [0.29, 0.717) is 12.2 Å². The summed E-state index contributed by atoms with van der Waals surface area (Å²) in [5, 5.41) is 2.81. The molecule has 1 amide bonds. The molecule has 19 heavy (non-hydrogen) atoms. The van der Waals surface area contributed by atoms with Crippen molar-refractivity contribution in [3.63, 3.8) is 0 Å². The Balaban J connectivity index is 2.08. The fourth-order valence-corrected chi connectivity index (χ4v) is 2.32. The van der Waals surface area contributed by atoms with Gasteiger partial charge in [0.25, 0.3) is 6.01 Å². The average molecular weight is 257 g/mol. The normalized spacial score (nSPS) is 13.7. The molecule has 3 rings (SSSR count). The van der Waals surface area contributed by atoms with Crippen LogP contribution in [0.2, 0.25) is 0 Å². The van der Waals surface area contributed by atoms with E-state index < -0.39 is 0 Å². The number of nitrogens with two attached hydrogens (primary N) is 1. The second kappa shape index (κ2) is 4.12. The zero-order chi connectivity index (χ0) is 13.6. The highest BCUT2D eigenvalue weighted by atomic mass is 16.4. The molecule has 0 fully saturated rings. The maximum absolute atomic E-state index is 11.4. The standard InChI is InChI=1S/C14H15N3O2/c1-7(2)12-13(19-14(15)17-12)8-3-4-10-9(5-8)6-11(18)16-10/h3-5,7H,6H2,1-2H3,(H2,15,17)(H,16,18). The second-order valence-corrected chi connectivity index (χ2v) is 5.02. The van der Waals surface area contributed by atoms with Crippen LogP contribution in [0.4, 0.5) is 11.7 Å². The zero-order valence-corrected chi connectivity index (χ0v) is 10.9. The van der Waals surface area contributed by atoms with Gasteiger partial charge in [-0.05, 0) is 29.7 Å². The highest BCUT2D eigenvalue weighted by molar-refractivity contribution is 5.99. The largest absolute Gasteiger partial charge is 0.423 e. The Kier molecular flexibility index (Phi) is 2.55. The highest BCUT2D eigenvalue weighted by Gasteiger charge is 2.21. The molecule has 1 aromatic heterocycles. The molecule has 0 unspecified atom stereocenters. The van der Waals surface area contributed by atoms with Crippen molar-refractivity contribution >= 4 is 17.6 Å². The third kappa shape index (κ3) is 1.97. The van der Waals surface area contributed by atoms with Gasteiger partial charge in [-0.15, -0.1) is 0 Å². The Morgan fingerprint density at radius 1 is 1.42 bits per heavy atom. The molecule has 2 heterocycles. The van der Waals surface area contributed by atoms with Gasteiger partial charge in [0.2, 0.25) is 5.91 Å². The Morgan fingerprint density at radius 2 is 2.21 bits per heavy atom. The summed E-state index contributed by atoms with van der Waals surface area (Å²) in [5.41, 5.74) is 9.24. The van der Waals surface area contributed by atoms with Gasteiger partial charge in [-0.25, -0.2) is 0 Å². The number of nitrogens with zero attached hydrogens (tertiary/aromatic N) is 1. The van der Waals surface area contributed by atoms with Crippen molar-refractivity contribution in [2.24, 2.45) is 0 Å². The minimum Gasteiger partial charge on any atom is -0.423 e. The van der Waals surface area contributed by atoms with Crippen molar-refractivity contribution in [1.82, 2.24) is 4.98 Å². The van der Waals surface area contributed by atoms with Crippen LogP contribution in [-0.4, -0.2) is 10.9 Å². The minimum atomic E-state index is 0.0216. The van der Waals surface area contributed by atoms with Crippen molar-refractivity contribution in [1.29, 1.82) is 0 Å². The van der Waals surface area contributed by atoms with Gasteiger partial charge in [-0.1, -0.05) is 13.8 Å². The lowest BCUT2D eigenvalue weighted by molar-refractivity contribution is -0.115. The Hall–Kier alpha value is -2.30. The van der Waals surface area contributed by atoms with Crippen molar-refractivity contribution in [3.05, 3.63) is 29.5 Å². The van der Waals surface area contributed by atoms with Gasteiger partial charge in [0, 0.05) is 11.3 Å². The van der Waals surface area contributed by atoms with E-state index in [9.17, 15) is 4.79 Å². The van der Waals surface area contributed by atoms with Gasteiger partial charge in [-0.2, -0.15) is 4.98 Å². The molecule has 0 radical (unpaired) electrons. The van der Waals surface area contributed by atoms with Crippen LogP contribution in [0.3, 0.4) is 0 Å². The van der Waals surface area contributed by atoms with Crippen molar-refractivity contribution in [3.8, 4) is 11.3 Å². The predicted molar refractivity (Wildman–Crippen MR) is 72.8 cm³/mol. The Labute approximate surface area is 110 Å². The quantitative estimate of drug-likeness (QED) is 0.866. The van der Waals surface area contributed by atoms with Crippen LogP contribution < -0.4 is 11.1 Å². The number of carbonyl (C=O) groups is 1. The summed E-state index contributed by atoms with van der Waals surface area (Å²) >= 11 is 0. The summed E-state index contributed by atoms with van der Waals surface area (Å²) in [7, 11) is 0. The molecule has 3 N–H and O–H groups in total. The summed E-state index contributed by atoms with van der Waals surface area (Å²) in [6, 6.07) is 5.93. The summed E-state index contributed by atoms with van der Waals surface area (Å²) in [4.78, 5) is 15.6. The summed E-state index contributed by atoms with van der Waals surface area (Å²) in [6.07, 6.45) is 0.407. The number of aromatic nitrogens is 1. The van der Waals surface area contributed by atoms with E-state index in [0.717, 1.165) is 22.5 Å². The molecule has 0 saturated heterocycles. The van der Waals surface area contributed by atoms with Crippen molar-refractivity contribution in [2.75, 3.05) is 11.1 Å². The molecule has 2 aromatic rings. The van der Waals surface area contributed by atoms with Crippen molar-refractivity contribution in [2.45, 2.75) is 26.2 Å². The molecule has 5 nitrogen and oxygen atoms in total. The molecule has 0 aliphatic carbocycles. The van der Waals surface area contributed by atoms with Gasteiger partial charge >= 0.3 is 0 Å². The highest BCUT2D eigenvalue weighted by Crippen LogP contribution is 2.34. The Bertz CT molecular complexity index is 659. The zero-order valence-electron chi connectivity index (χ0n) is 10.9. The van der Waals surface area contributed by atoms with Crippen LogP contribution in [-0.2, 0) is 11.2 Å². The van der Waals surface area contributed by atoms with E-state index in [1.54, 1.807) is 0 Å². The van der Waals surface area contributed by atoms with Crippen LogP contribution in [0.1, 0.15) is 31.0 Å². The summed E-state index contributed by atoms with van der Waals surface area (Å²) < 4.78 is 5.51. The first kappa shape index (κ1) is 11.8. The van der Waals surface area contributed by atoms with Gasteiger partial charge in [0.15, 0.2) is 5.76 Å². The lowest BCUT2D eigenvalue weighted by atomic mass is 10.0.